The molecule has 0 saturated carbocycles. The number of hydrogen-bond donors (Lipinski definition) is 0. The maximum Gasteiger partial charge on any atom is 0.193 e. The standard InChI is InChI=1S/C13H10O.2C4H10.CH4/c14-13(11-7-3-1-4-8-11)12-9-5-2-6-10-12;2*1-3-4-2;/h1-10H;2*3-4H2,1-2H3;1H4. The van der Waals surface area contributed by atoms with E-state index in [4.69, 9.17) is 0 Å². The molecule has 0 spiro atoms. The van der Waals surface area contributed by atoms with Crippen LogP contribution in [-0.2, 0) is 0 Å². The zero-order valence-electron chi connectivity index (χ0n) is 14.5. The fraction of sp³-hybridized carbons (Fsp3) is 0.409. The second-order valence-corrected chi connectivity index (χ2v) is 5.06. The minimum absolute atomic E-state index is 0. The summed E-state index contributed by atoms with van der Waals surface area (Å²) in [4.78, 5) is 11.8. The highest BCUT2D eigenvalue weighted by molar-refractivity contribution is 6.08. The Bertz CT molecular complexity index is 424. The van der Waals surface area contributed by atoms with Crippen LogP contribution in [0.25, 0.3) is 0 Å². The predicted molar refractivity (Wildman–Crippen MR) is 104 cm³/mol. The first-order chi connectivity index (χ1) is 10.7. The lowest BCUT2D eigenvalue weighted by atomic mass is 10.0. The molecule has 23 heavy (non-hydrogen) atoms. The van der Waals surface area contributed by atoms with Gasteiger partial charge in [-0.1, -0.05) is 121 Å². The summed E-state index contributed by atoms with van der Waals surface area (Å²) in [6.07, 6.45) is 5.28. The summed E-state index contributed by atoms with van der Waals surface area (Å²) in [6, 6.07) is 18.6. The van der Waals surface area contributed by atoms with Gasteiger partial charge in [0.05, 0.1) is 0 Å². The molecule has 0 radical (unpaired) electrons. The number of unbranched alkanes of at least 4 members (excludes halogenated alkanes) is 2. The van der Waals surface area contributed by atoms with Gasteiger partial charge in [0, 0.05) is 11.1 Å². The van der Waals surface area contributed by atoms with Crippen LogP contribution in [0.5, 0.6) is 0 Å². The van der Waals surface area contributed by atoms with Crippen LogP contribution in [0.4, 0.5) is 0 Å². The first kappa shape index (κ1) is 23.4. The number of benzene rings is 2. The van der Waals surface area contributed by atoms with E-state index in [0.717, 1.165) is 11.1 Å². The number of hydrogen-bond acceptors (Lipinski definition) is 1. The van der Waals surface area contributed by atoms with Crippen molar-refractivity contribution in [3.8, 4) is 0 Å². The van der Waals surface area contributed by atoms with Crippen molar-refractivity contribution in [1.29, 1.82) is 0 Å². The second-order valence-electron chi connectivity index (χ2n) is 5.06. The van der Waals surface area contributed by atoms with Gasteiger partial charge < -0.3 is 0 Å². The predicted octanol–water partition coefficient (Wildman–Crippen LogP) is 7.17. The van der Waals surface area contributed by atoms with E-state index in [1.54, 1.807) is 0 Å². The van der Waals surface area contributed by atoms with E-state index < -0.39 is 0 Å². The molecule has 0 fully saturated rings. The minimum atomic E-state index is 0. The van der Waals surface area contributed by atoms with Gasteiger partial charge in [0.2, 0.25) is 0 Å². The molecule has 0 aliphatic rings. The van der Waals surface area contributed by atoms with Gasteiger partial charge in [0.1, 0.15) is 0 Å². The number of ketones is 1. The smallest absolute Gasteiger partial charge is 0.193 e. The molecule has 0 saturated heterocycles. The molecule has 0 N–H and O–H groups in total. The molecule has 0 atom stereocenters. The molecule has 2 aromatic carbocycles. The summed E-state index contributed by atoms with van der Waals surface area (Å²) >= 11 is 0. The molecule has 1 nitrogen and oxygen atoms in total. The van der Waals surface area contributed by atoms with Crippen LogP contribution >= 0.6 is 0 Å². The maximum absolute atomic E-state index is 11.8. The number of carbonyl (C=O) groups excluding carboxylic acids is 1. The maximum atomic E-state index is 11.8. The molecule has 0 heterocycles. The summed E-state index contributed by atoms with van der Waals surface area (Å²) in [5.74, 6) is 0.0752. The molecule has 128 valence electrons. The van der Waals surface area contributed by atoms with E-state index in [2.05, 4.69) is 27.7 Å². The Balaban J connectivity index is 0. The third-order valence-electron chi connectivity index (χ3n) is 3.07. The number of carbonyl (C=O) groups is 1. The molecule has 2 aromatic rings. The molecule has 0 aromatic heterocycles. The molecule has 0 bridgehead atoms. The molecule has 0 aliphatic heterocycles. The third kappa shape index (κ3) is 11.3. The van der Waals surface area contributed by atoms with E-state index in [1.807, 2.05) is 60.7 Å². The second kappa shape index (κ2) is 16.5. The van der Waals surface area contributed by atoms with Crippen molar-refractivity contribution in [2.75, 3.05) is 0 Å². The Hall–Kier alpha value is -1.89. The normalized spacial score (nSPS) is 8.52. The average Bonchev–Trinajstić information content (AvgIpc) is 2.63. The summed E-state index contributed by atoms with van der Waals surface area (Å²) in [7, 11) is 0. The molecule has 0 aliphatic carbocycles. The van der Waals surface area contributed by atoms with Gasteiger partial charge in [-0.3, -0.25) is 4.79 Å². The highest BCUT2D eigenvalue weighted by atomic mass is 16.1. The van der Waals surface area contributed by atoms with Crippen molar-refractivity contribution in [2.45, 2.75) is 60.8 Å². The molecule has 0 amide bonds. The lowest BCUT2D eigenvalue weighted by Gasteiger charge is -1.99. The van der Waals surface area contributed by atoms with Crippen LogP contribution in [0.2, 0.25) is 0 Å². The van der Waals surface area contributed by atoms with E-state index in [9.17, 15) is 4.79 Å². The third-order valence-corrected chi connectivity index (χ3v) is 3.07. The van der Waals surface area contributed by atoms with Crippen molar-refractivity contribution in [1.82, 2.24) is 0 Å². The summed E-state index contributed by atoms with van der Waals surface area (Å²) in [5, 5.41) is 0. The van der Waals surface area contributed by atoms with Crippen LogP contribution in [0.15, 0.2) is 60.7 Å². The molecule has 0 unspecified atom stereocenters. The van der Waals surface area contributed by atoms with Gasteiger partial charge in [-0.05, 0) is 0 Å². The monoisotopic (exact) mass is 314 g/mol. The first-order valence-corrected chi connectivity index (χ1v) is 8.35. The van der Waals surface area contributed by atoms with Gasteiger partial charge in [-0.2, -0.15) is 0 Å². The Morgan fingerprint density at radius 3 is 1.09 bits per heavy atom. The van der Waals surface area contributed by atoms with Crippen molar-refractivity contribution in [3.63, 3.8) is 0 Å². The van der Waals surface area contributed by atoms with Crippen LogP contribution in [0, 0.1) is 0 Å². The van der Waals surface area contributed by atoms with Crippen LogP contribution in [0.3, 0.4) is 0 Å². The highest BCUT2D eigenvalue weighted by Crippen LogP contribution is 2.08. The summed E-state index contributed by atoms with van der Waals surface area (Å²) in [5.41, 5.74) is 1.47. The minimum Gasteiger partial charge on any atom is -0.289 e. The fourth-order valence-corrected chi connectivity index (χ4v) is 1.35. The fourth-order valence-electron chi connectivity index (χ4n) is 1.35. The Kier molecular flexibility index (Phi) is 16.8. The highest BCUT2D eigenvalue weighted by Gasteiger charge is 2.06. The SMILES string of the molecule is C.CCCC.CCCC.O=C(c1ccccc1)c1ccccc1. The number of rotatable bonds is 4. The van der Waals surface area contributed by atoms with Crippen molar-refractivity contribution >= 4 is 5.78 Å². The van der Waals surface area contributed by atoms with Crippen molar-refractivity contribution < 1.29 is 4.79 Å². The lowest BCUT2D eigenvalue weighted by molar-refractivity contribution is 0.103. The van der Waals surface area contributed by atoms with Gasteiger partial charge in [-0.15, -0.1) is 0 Å². The zero-order valence-corrected chi connectivity index (χ0v) is 14.5. The van der Waals surface area contributed by atoms with E-state index in [0.29, 0.717) is 0 Å². The largest absolute Gasteiger partial charge is 0.289 e. The van der Waals surface area contributed by atoms with Gasteiger partial charge >= 0.3 is 0 Å². The molecular formula is C22H34O. The van der Waals surface area contributed by atoms with E-state index in [-0.39, 0.29) is 13.2 Å². The topological polar surface area (TPSA) is 17.1 Å². The van der Waals surface area contributed by atoms with Gasteiger partial charge in [-0.25, -0.2) is 0 Å². The van der Waals surface area contributed by atoms with Crippen LogP contribution in [-0.4, -0.2) is 5.78 Å². The lowest BCUT2D eigenvalue weighted by Crippen LogP contribution is -1.99. The Morgan fingerprint density at radius 2 is 0.870 bits per heavy atom. The summed E-state index contributed by atoms with van der Waals surface area (Å²) < 4.78 is 0. The molecule has 1 heteroatoms. The van der Waals surface area contributed by atoms with Crippen molar-refractivity contribution in [3.05, 3.63) is 71.8 Å². The Morgan fingerprint density at radius 1 is 0.609 bits per heavy atom. The van der Waals surface area contributed by atoms with Gasteiger partial charge in [0.25, 0.3) is 0 Å². The Labute approximate surface area is 143 Å². The first-order valence-electron chi connectivity index (χ1n) is 8.35. The van der Waals surface area contributed by atoms with E-state index >= 15 is 0 Å². The summed E-state index contributed by atoms with van der Waals surface area (Å²) in [6.45, 7) is 8.72. The quantitative estimate of drug-likeness (QED) is 0.547. The molecule has 2 rings (SSSR count). The van der Waals surface area contributed by atoms with Crippen LogP contribution in [0.1, 0.15) is 76.7 Å². The zero-order chi connectivity index (χ0) is 16.6. The van der Waals surface area contributed by atoms with Crippen LogP contribution < -0.4 is 0 Å². The van der Waals surface area contributed by atoms with E-state index in [1.165, 1.54) is 25.7 Å². The van der Waals surface area contributed by atoms with Crippen molar-refractivity contribution in [2.24, 2.45) is 0 Å². The van der Waals surface area contributed by atoms with Gasteiger partial charge in [0.15, 0.2) is 5.78 Å². The average molecular weight is 315 g/mol. The molecular weight excluding hydrogens is 280 g/mol.